The highest BCUT2D eigenvalue weighted by Gasteiger charge is 2.24. The molecule has 5 nitrogen and oxygen atoms in total. The van der Waals surface area contributed by atoms with Crippen LogP contribution >= 0.6 is 0 Å². The van der Waals surface area contributed by atoms with E-state index in [0.29, 0.717) is 5.06 Å². The van der Waals surface area contributed by atoms with Crippen LogP contribution in [0.1, 0.15) is 13.8 Å². The molecule has 1 amide bonds. The van der Waals surface area contributed by atoms with Gasteiger partial charge < -0.3 is 4.74 Å². The lowest BCUT2D eigenvalue weighted by Crippen LogP contribution is -2.34. The van der Waals surface area contributed by atoms with Crippen molar-refractivity contribution in [2.75, 3.05) is 13.7 Å². The van der Waals surface area contributed by atoms with Gasteiger partial charge in [0.15, 0.2) is 0 Å². The summed E-state index contributed by atoms with van der Waals surface area (Å²) in [6.45, 7) is 3.26. The van der Waals surface area contributed by atoms with E-state index in [1.165, 1.54) is 6.92 Å². The zero-order valence-electron chi connectivity index (χ0n) is 7.40. The third-order valence-electron chi connectivity index (χ3n) is 1.33. The molecule has 0 rings (SSSR count). The molecule has 0 radical (unpaired) electrons. The van der Waals surface area contributed by atoms with E-state index in [2.05, 4.69) is 4.74 Å². The average molecular weight is 175 g/mol. The van der Waals surface area contributed by atoms with Crippen LogP contribution in [0.15, 0.2) is 0 Å². The maximum Gasteiger partial charge on any atom is 0.318 e. The van der Waals surface area contributed by atoms with Crippen molar-refractivity contribution < 1.29 is 19.5 Å². The fourth-order valence-corrected chi connectivity index (χ4v) is 0.648. The second-order valence-corrected chi connectivity index (χ2v) is 2.34. The summed E-state index contributed by atoms with van der Waals surface area (Å²) < 4.78 is 4.58. The third kappa shape index (κ3) is 2.87. The summed E-state index contributed by atoms with van der Waals surface area (Å²) in [5.41, 5.74) is 0. The quantitative estimate of drug-likeness (QED) is 0.284. The number of hydrogen-bond donors (Lipinski definition) is 1. The summed E-state index contributed by atoms with van der Waals surface area (Å²) in [6, 6.07) is 0. The van der Waals surface area contributed by atoms with Gasteiger partial charge in [0.05, 0.1) is 6.61 Å². The van der Waals surface area contributed by atoms with Crippen molar-refractivity contribution in [3.05, 3.63) is 0 Å². The molecule has 1 unspecified atom stereocenters. The minimum absolute atomic E-state index is 0.228. The number of carbonyl (C=O) groups is 2. The Labute approximate surface area is 70.9 Å². The third-order valence-corrected chi connectivity index (χ3v) is 1.33. The molecule has 0 fully saturated rings. The Morgan fingerprint density at radius 1 is 1.58 bits per heavy atom. The maximum atomic E-state index is 10.9. The largest absolute Gasteiger partial charge is 0.465 e. The standard InChI is InChI=1S/C7H13NO4/c1-4-12-7(10)5(2)6(9)8(3)11/h5,11H,4H2,1-3H3. The van der Waals surface area contributed by atoms with Crippen LogP contribution in [-0.2, 0) is 14.3 Å². The van der Waals surface area contributed by atoms with Crippen molar-refractivity contribution in [1.82, 2.24) is 5.06 Å². The molecule has 0 saturated heterocycles. The number of hydroxylamine groups is 2. The van der Waals surface area contributed by atoms with Gasteiger partial charge in [-0.2, -0.15) is 0 Å². The van der Waals surface area contributed by atoms with Gasteiger partial charge in [0, 0.05) is 7.05 Å². The first-order valence-corrected chi connectivity index (χ1v) is 3.63. The van der Waals surface area contributed by atoms with Crippen LogP contribution in [0, 0.1) is 5.92 Å². The van der Waals surface area contributed by atoms with E-state index in [-0.39, 0.29) is 6.61 Å². The molecule has 0 aliphatic rings. The lowest BCUT2D eigenvalue weighted by molar-refractivity contribution is -0.171. The minimum atomic E-state index is -0.944. The highest BCUT2D eigenvalue weighted by atomic mass is 16.5. The predicted molar refractivity (Wildman–Crippen MR) is 40.4 cm³/mol. The normalized spacial score (nSPS) is 12.0. The first kappa shape index (κ1) is 10.9. The highest BCUT2D eigenvalue weighted by molar-refractivity contribution is 5.96. The van der Waals surface area contributed by atoms with Crippen LogP contribution < -0.4 is 0 Å². The number of carbonyl (C=O) groups excluding carboxylic acids is 2. The SMILES string of the molecule is CCOC(=O)C(C)C(=O)N(C)O. The van der Waals surface area contributed by atoms with Gasteiger partial charge in [-0.25, -0.2) is 5.06 Å². The maximum absolute atomic E-state index is 10.9. The Balaban J connectivity index is 4.10. The van der Waals surface area contributed by atoms with Crippen molar-refractivity contribution in [3.63, 3.8) is 0 Å². The molecule has 5 heteroatoms. The zero-order valence-corrected chi connectivity index (χ0v) is 7.40. The van der Waals surface area contributed by atoms with Gasteiger partial charge in [-0.05, 0) is 13.8 Å². The topological polar surface area (TPSA) is 66.8 Å². The van der Waals surface area contributed by atoms with E-state index in [0.717, 1.165) is 7.05 Å². The number of hydrogen-bond acceptors (Lipinski definition) is 4. The number of amides is 1. The van der Waals surface area contributed by atoms with E-state index < -0.39 is 17.8 Å². The second-order valence-electron chi connectivity index (χ2n) is 2.34. The molecule has 1 N–H and O–H groups in total. The van der Waals surface area contributed by atoms with Crippen molar-refractivity contribution in [1.29, 1.82) is 0 Å². The van der Waals surface area contributed by atoms with Crippen LogP contribution in [0.5, 0.6) is 0 Å². The van der Waals surface area contributed by atoms with E-state index in [4.69, 9.17) is 5.21 Å². The summed E-state index contributed by atoms with van der Waals surface area (Å²) in [6.07, 6.45) is 0. The van der Waals surface area contributed by atoms with E-state index >= 15 is 0 Å². The van der Waals surface area contributed by atoms with Crippen LogP contribution in [-0.4, -0.2) is 35.8 Å². The van der Waals surface area contributed by atoms with Crippen molar-refractivity contribution in [3.8, 4) is 0 Å². The summed E-state index contributed by atoms with van der Waals surface area (Å²) >= 11 is 0. The Morgan fingerprint density at radius 2 is 2.08 bits per heavy atom. The number of esters is 1. The van der Waals surface area contributed by atoms with Crippen LogP contribution in [0.3, 0.4) is 0 Å². The first-order valence-electron chi connectivity index (χ1n) is 3.63. The number of rotatable bonds is 3. The fraction of sp³-hybridized carbons (Fsp3) is 0.714. The van der Waals surface area contributed by atoms with E-state index in [1.54, 1.807) is 6.92 Å². The van der Waals surface area contributed by atoms with Gasteiger partial charge in [0.2, 0.25) is 0 Å². The Hall–Kier alpha value is -1.10. The van der Waals surface area contributed by atoms with Crippen molar-refractivity contribution in [2.45, 2.75) is 13.8 Å². The molecule has 70 valence electrons. The van der Waals surface area contributed by atoms with Crippen LogP contribution in [0.25, 0.3) is 0 Å². The smallest absolute Gasteiger partial charge is 0.318 e. The molecule has 0 aromatic heterocycles. The van der Waals surface area contributed by atoms with Gasteiger partial charge in [0.25, 0.3) is 5.91 Å². The first-order chi connectivity index (χ1) is 5.50. The lowest BCUT2D eigenvalue weighted by Gasteiger charge is -2.13. The molecule has 12 heavy (non-hydrogen) atoms. The Kier molecular flexibility index (Phi) is 4.28. The van der Waals surface area contributed by atoms with E-state index in [1.807, 2.05) is 0 Å². The monoisotopic (exact) mass is 175 g/mol. The summed E-state index contributed by atoms with van der Waals surface area (Å²) in [4.78, 5) is 21.8. The second kappa shape index (κ2) is 4.71. The molecule has 0 aromatic rings. The molecule has 0 aromatic carbocycles. The minimum Gasteiger partial charge on any atom is -0.465 e. The van der Waals surface area contributed by atoms with Crippen LogP contribution in [0.4, 0.5) is 0 Å². The summed E-state index contributed by atoms with van der Waals surface area (Å²) in [7, 11) is 1.16. The van der Waals surface area contributed by atoms with Gasteiger partial charge >= 0.3 is 5.97 Å². The molecule has 1 atom stereocenters. The van der Waals surface area contributed by atoms with Gasteiger partial charge in [-0.3, -0.25) is 14.8 Å². The van der Waals surface area contributed by atoms with Crippen molar-refractivity contribution >= 4 is 11.9 Å². The van der Waals surface area contributed by atoms with Crippen LogP contribution in [0.2, 0.25) is 0 Å². The van der Waals surface area contributed by atoms with Gasteiger partial charge in [0.1, 0.15) is 5.92 Å². The van der Waals surface area contributed by atoms with E-state index in [9.17, 15) is 9.59 Å². The Morgan fingerprint density at radius 3 is 2.42 bits per heavy atom. The number of nitrogens with zero attached hydrogens (tertiary/aromatic N) is 1. The molecule has 0 heterocycles. The lowest BCUT2D eigenvalue weighted by atomic mass is 10.2. The fourth-order valence-electron chi connectivity index (χ4n) is 0.648. The molecule has 0 bridgehead atoms. The molecule has 0 spiro atoms. The van der Waals surface area contributed by atoms with Crippen molar-refractivity contribution in [2.24, 2.45) is 5.92 Å². The number of ether oxygens (including phenoxy) is 1. The molecular weight excluding hydrogens is 162 g/mol. The molecule has 0 saturated carbocycles. The highest BCUT2D eigenvalue weighted by Crippen LogP contribution is 2.01. The molecular formula is C7H13NO4. The summed E-state index contributed by atoms with van der Waals surface area (Å²) in [5, 5.41) is 9.06. The molecule has 0 aliphatic heterocycles. The van der Waals surface area contributed by atoms with Gasteiger partial charge in [-0.1, -0.05) is 0 Å². The zero-order chi connectivity index (χ0) is 9.72. The van der Waals surface area contributed by atoms with Gasteiger partial charge in [-0.15, -0.1) is 0 Å². The summed E-state index contributed by atoms with van der Waals surface area (Å²) in [5.74, 6) is -2.24. The predicted octanol–water partition coefficient (Wildman–Crippen LogP) is 0.0332. The molecule has 0 aliphatic carbocycles. The average Bonchev–Trinajstić information content (AvgIpc) is 2.02. The Bertz CT molecular complexity index is 178.